The van der Waals surface area contributed by atoms with Crippen molar-refractivity contribution in [2.45, 2.75) is 40.2 Å². The van der Waals surface area contributed by atoms with Crippen molar-refractivity contribution in [2.75, 3.05) is 6.54 Å². The first-order chi connectivity index (χ1) is 8.43. The van der Waals surface area contributed by atoms with Crippen molar-refractivity contribution in [3.05, 3.63) is 34.9 Å². The fourth-order valence-electron chi connectivity index (χ4n) is 1.92. The average Bonchev–Trinajstić information content (AvgIpc) is 2.30. The number of benzene rings is 1. The van der Waals surface area contributed by atoms with Gasteiger partial charge in [0.2, 0.25) is 5.91 Å². The van der Waals surface area contributed by atoms with Crippen molar-refractivity contribution in [3.63, 3.8) is 0 Å². The number of carbonyl (C=O) groups is 1. The van der Waals surface area contributed by atoms with Crippen LogP contribution in [0.1, 0.15) is 30.5 Å². The monoisotopic (exact) mass is 248 g/mol. The van der Waals surface area contributed by atoms with E-state index in [0.717, 1.165) is 11.1 Å². The number of rotatable bonds is 5. The maximum Gasteiger partial charge on any atom is 0.224 e. The predicted molar refractivity (Wildman–Crippen MR) is 75.4 cm³/mol. The van der Waals surface area contributed by atoms with Gasteiger partial charge in [0.15, 0.2) is 0 Å². The van der Waals surface area contributed by atoms with Crippen LogP contribution in [-0.4, -0.2) is 18.5 Å². The highest BCUT2D eigenvalue weighted by Crippen LogP contribution is 2.11. The van der Waals surface area contributed by atoms with Gasteiger partial charge >= 0.3 is 0 Å². The fraction of sp³-hybridized carbons (Fsp3) is 0.533. The number of amides is 1. The molecule has 1 rings (SSSR count). The van der Waals surface area contributed by atoms with Crippen molar-refractivity contribution >= 4 is 5.91 Å². The van der Waals surface area contributed by atoms with Crippen LogP contribution >= 0.6 is 0 Å². The van der Waals surface area contributed by atoms with Gasteiger partial charge in [-0.15, -0.1) is 0 Å². The van der Waals surface area contributed by atoms with Crippen molar-refractivity contribution in [1.82, 2.24) is 5.32 Å². The molecular weight excluding hydrogens is 224 g/mol. The van der Waals surface area contributed by atoms with E-state index in [1.54, 1.807) is 0 Å². The third kappa shape index (κ3) is 4.15. The molecule has 0 saturated heterocycles. The van der Waals surface area contributed by atoms with E-state index in [2.05, 4.69) is 37.4 Å². The minimum Gasteiger partial charge on any atom is -0.352 e. The summed E-state index contributed by atoms with van der Waals surface area (Å²) in [6.07, 6.45) is 0.427. The Morgan fingerprint density at radius 2 is 2.00 bits per heavy atom. The Kier molecular flexibility index (Phi) is 5.35. The smallest absolute Gasteiger partial charge is 0.224 e. The number of carbonyl (C=O) groups excluding carboxylic acids is 1. The molecule has 0 aliphatic heterocycles. The first-order valence-corrected chi connectivity index (χ1v) is 6.49. The van der Waals surface area contributed by atoms with Crippen molar-refractivity contribution in [3.8, 4) is 0 Å². The number of hydrogen-bond donors (Lipinski definition) is 2. The van der Waals surface area contributed by atoms with Crippen LogP contribution in [0.15, 0.2) is 18.2 Å². The van der Waals surface area contributed by atoms with Gasteiger partial charge in [0.05, 0.1) is 6.42 Å². The second kappa shape index (κ2) is 6.55. The summed E-state index contributed by atoms with van der Waals surface area (Å²) in [4.78, 5) is 12.0. The highest BCUT2D eigenvalue weighted by atomic mass is 16.1. The molecule has 1 atom stereocenters. The quantitative estimate of drug-likeness (QED) is 0.836. The lowest BCUT2D eigenvalue weighted by atomic mass is 10.0. The highest BCUT2D eigenvalue weighted by molar-refractivity contribution is 5.79. The topological polar surface area (TPSA) is 55.1 Å². The molecule has 3 N–H and O–H groups in total. The van der Waals surface area contributed by atoms with Crippen LogP contribution in [0.5, 0.6) is 0 Å². The van der Waals surface area contributed by atoms with E-state index < -0.39 is 0 Å². The molecule has 100 valence electrons. The van der Waals surface area contributed by atoms with E-state index in [1.807, 2.05) is 13.8 Å². The van der Waals surface area contributed by atoms with Crippen LogP contribution in [0.25, 0.3) is 0 Å². The molecule has 0 saturated carbocycles. The minimum atomic E-state index is 0.0489. The number of hydrogen-bond acceptors (Lipinski definition) is 2. The Balaban J connectivity index is 2.67. The molecule has 1 aromatic rings. The summed E-state index contributed by atoms with van der Waals surface area (Å²) in [5, 5.41) is 3.00. The van der Waals surface area contributed by atoms with Gasteiger partial charge in [0.25, 0.3) is 0 Å². The van der Waals surface area contributed by atoms with E-state index in [0.29, 0.717) is 18.9 Å². The summed E-state index contributed by atoms with van der Waals surface area (Å²) in [7, 11) is 0. The highest BCUT2D eigenvalue weighted by Gasteiger charge is 2.15. The standard InChI is InChI=1S/C15H24N2O/c1-10(2)14(9-16)17-15(18)8-13-7-11(3)5-6-12(13)4/h5-7,10,14H,8-9,16H2,1-4H3,(H,17,18). The third-order valence-corrected chi connectivity index (χ3v) is 3.26. The molecule has 0 fully saturated rings. The fourth-order valence-corrected chi connectivity index (χ4v) is 1.92. The summed E-state index contributed by atoms with van der Waals surface area (Å²) in [6.45, 7) is 8.68. The molecule has 1 amide bonds. The van der Waals surface area contributed by atoms with Crippen LogP contribution in [0, 0.1) is 19.8 Å². The van der Waals surface area contributed by atoms with Gasteiger partial charge in [-0.3, -0.25) is 4.79 Å². The molecule has 0 aliphatic rings. The molecule has 18 heavy (non-hydrogen) atoms. The van der Waals surface area contributed by atoms with Gasteiger partial charge in [-0.2, -0.15) is 0 Å². The van der Waals surface area contributed by atoms with Crippen molar-refractivity contribution in [2.24, 2.45) is 11.7 Å². The molecule has 3 heteroatoms. The van der Waals surface area contributed by atoms with Gasteiger partial charge < -0.3 is 11.1 Å². The first-order valence-electron chi connectivity index (χ1n) is 6.49. The van der Waals surface area contributed by atoms with Crippen molar-refractivity contribution < 1.29 is 4.79 Å². The Morgan fingerprint density at radius 3 is 2.56 bits per heavy atom. The second-order valence-corrected chi connectivity index (χ2v) is 5.26. The zero-order valence-electron chi connectivity index (χ0n) is 11.8. The average molecular weight is 248 g/mol. The largest absolute Gasteiger partial charge is 0.352 e. The maximum atomic E-state index is 12.0. The van der Waals surface area contributed by atoms with Crippen LogP contribution in [0.3, 0.4) is 0 Å². The third-order valence-electron chi connectivity index (χ3n) is 3.26. The lowest BCUT2D eigenvalue weighted by Gasteiger charge is -2.20. The number of aryl methyl sites for hydroxylation is 2. The number of nitrogens with two attached hydrogens (primary N) is 1. The van der Waals surface area contributed by atoms with E-state index in [1.165, 1.54) is 5.56 Å². The van der Waals surface area contributed by atoms with Gasteiger partial charge in [-0.25, -0.2) is 0 Å². The lowest BCUT2D eigenvalue weighted by Crippen LogP contribution is -2.44. The first kappa shape index (κ1) is 14.7. The summed E-state index contributed by atoms with van der Waals surface area (Å²) in [5.74, 6) is 0.408. The van der Waals surface area contributed by atoms with Crippen LogP contribution in [0.4, 0.5) is 0 Å². The summed E-state index contributed by atoms with van der Waals surface area (Å²) in [6, 6.07) is 6.25. The lowest BCUT2D eigenvalue weighted by molar-refractivity contribution is -0.121. The molecule has 3 nitrogen and oxygen atoms in total. The van der Waals surface area contributed by atoms with E-state index in [-0.39, 0.29) is 11.9 Å². The molecule has 0 aliphatic carbocycles. The van der Waals surface area contributed by atoms with Crippen LogP contribution < -0.4 is 11.1 Å². The second-order valence-electron chi connectivity index (χ2n) is 5.26. The van der Waals surface area contributed by atoms with Gasteiger partial charge in [-0.1, -0.05) is 37.6 Å². The molecular formula is C15H24N2O. The summed E-state index contributed by atoms with van der Waals surface area (Å²) < 4.78 is 0. The van der Waals surface area contributed by atoms with Crippen molar-refractivity contribution in [1.29, 1.82) is 0 Å². The molecule has 0 spiro atoms. The van der Waals surface area contributed by atoms with Crippen LogP contribution in [0.2, 0.25) is 0 Å². The predicted octanol–water partition coefficient (Wildman–Crippen LogP) is 1.95. The zero-order chi connectivity index (χ0) is 13.7. The normalized spacial score (nSPS) is 12.6. The Hall–Kier alpha value is -1.35. The zero-order valence-corrected chi connectivity index (χ0v) is 11.8. The van der Waals surface area contributed by atoms with Gasteiger partial charge in [0.1, 0.15) is 0 Å². The Labute approximate surface area is 110 Å². The van der Waals surface area contributed by atoms with Gasteiger partial charge in [0, 0.05) is 12.6 Å². The van der Waals surface area contributed by atoms with E-state index in [9.17, 15) is 4.79 Å². The van der Waals surface area contributed by atoms with Gasteiger partial charge in [-0.05, 0) is 30.9 Å². The molecule has 0 heterocycles. The maximum absolute atomic E-state index is 12.0. The minimum absolute atomic E-state index is 0.0489. The molecule has 1 unspecified atom stereocenters. The Morgan fingerprint density at radius 1 is 1.33 bits per heavy atom. The number of nitrogens with one attached hydrogen (secondary N) is 1. The summed E-state index contributed by atoms with van der Waals surface area (Å²) >= 11 is 0. The van der Waals surface area contributed by atoms with E-state index in [4.69, 9.17) is 5.73 Å². The molecule has 0 radical (unpaired) electrons. The molecule has 0 bridgehead atoms. The van der Waals surface area contributed by atoms with Crippen LogP contribution in [-0.2, 0) is 11.2 Å². The molecule has 1 aromatic carbocycles. The van der Waals surface area contributed by atoms with E-state index >= 15 is 0 Å². The Bertz CT molecular complexity index is 413. The molecule has 0 aromatic heterocycles. The summed E-state index contributed by atoms with van der Waals surface area (Å²) in [5.41, 5.74) is 9.08. The SMILES string of the molecule is Cc1ccc(C)c(CC(=O)NC(CN)C(C)C)c1.